The van der Waals surface area contributed by atoms with Crippen molar-refractivity contribution in [3.8, 4) is 11.5 Å². The van der Waals surface area contributed by atoms with Crippen LogP contribution in [0.4, 0.5) is 4.39 Å². The molecule has 0 aliphatic carbocycles. The Kier molecular flexibility index (Phi) is 4.25. The highest BCUT2D eigenvalue weighted by Crippen LogP contribution is 2.36. The molecule has 0 saturated carbocycles. The number of benzene rings is 2. The Morgan fingerprint density at radius 1 is 1.05 bits per heavy atom. The Bertz CT molecular complexity index is 571. The first-order valence-corrected chi connectivity index (χ1v) is 6.30. The van der Waals surface area contributed by atoms with Gasteiger partial charge in [0.25, 0.3) is 0 Å². The number of methoxy groups -OCH3 is 2. The molecule has 0 heterocycles. The lowest BCUT2D eigenvalue weighted by Gasteiger charge is -2.19. The number of hydrogen-bond donors (Lipinski definition) is 1. The topological polar surface area (TPSA) is 44.5 Å². The Hall–Kier alpha value is -2.07. The number of ether oxygens (including phenoxy) is 2. The second-order valence-electron chi connectivity index (χ2n) is 4.62. The summed E-state index contributed by atoms with van der Waals surface area (Å²) in [5.41, 5.74) is 8.50. The van der Waals surface area contributed by atoms with Crippen molar-refractivity contribution in [2.75, 3.05) is 14.2 Å². The summed E-state index contributed by atoms with van der Waals surface area (Å²) in [6.07, 6.45) is 0. The molecule has 2 N–H and O–H groups in total. The Morgan fingerprint density at radius 3 is 2.15 bits per heavy atom. The lowest BCUT2D eigenvalue weighted by Crippen LogP contribution is -2.15. The fraction of sp³-hybridized carbons (Fsp3) is 0.250. The summed E-state index contributed by atoms with van der Waals surface area (Å²) in [5.74, 6) is 0.946. The van der Waals surface area contributed by atoms with E-state index in [1.165, 1.54) is 12.1 Å². The van der Waals surface area contributed by atoms with E-state index in [0.717, 1.165) is 5.56 Å². The molecule has 1 unspecified atom stereocenters. The third-order valence-corrected chi connectivity index (χ3v) is 3.20. The zero-order valence-corrected chi connectivity index (χ0v) is 11.8. The molecule has 0 bridgehead atoms. The van der Waals surface area contributed by atoms with Gasteiger partial charge in [-0.05, 0) is 42.3 Å². The largest absolute Gasteiger partial charge is 0.496 e. The van der Waals surface area contributed by atoms with Crippen molar-refractivity contribution in [3.05, 3.63) is 58.9 Å². The SMILES string of the molecule is COc1cccc(OC)c1C(N)c1cc(C)cc(F)c1. The molecule has 0 radical (unpaired) electrons. The first-order chi connectivity index (χ1) is 9.56. The van der Waals surface area contributed by atoms with Crippen LogP contribution in [0.2, 0.25) is 0 Å². The Labute approximate surface area is 118 Å². The fourth-order valence-electron chi connectivity index (χ4n) is 2.30. The molecular weight excluding hydrogens is 257 g/mol. The molecular formula is C16H18FNO2. The summed E-state index contributed by atoms with van der Waals surface area (Å²) in [6, 6.07) is 9.69. The molecule has 0 fully saturated rings. The molecule has 2 aromatic rings. The Morgan fingerprint density at radius 2 is 1.65 bits per heavy atom. The van der Waals surface area contributed by atoms with Crippen molar-refractivity contribution in [1.29, 1.82) is 0 Å². The first kappa shape index (κ1) is 14.3. The van der Waals surface area contributed by atoms with E-state index >= 15 is 0 Å². The van der Waals surface area contributed by atoms with Crippen LogP contribution in [-0.2, 0) is 0 Å². The van der Waals surface area contributed by atoms with Crippen molar-refractivity contribution >= 4 is 0 Å². The highest BCUT2D eigenvalue weighted by atomic mass is 19.1. The normalized spacial score (nSPS) is 12.1. The highest BCUT2D eigenvalue weighted by Gasteiger charge is 2.19. The van der Waals surface area contributed by atoms with Gasteiger partial charge in [0.2, 0.25) is 0 Å². The van der Waals surface area contributed by atoms with Crippen LogP contribution < -0.4 is 15.2 Å². The average molecular weight is 275 g/mol. The molecule has 0 saturated heterocycles. The summed E-state index contributed by atoms with van der Waals surface area (Å²) in [6.45, 7) is 1.83. The number of halogens is 1. The van der Waals surface area contributed by atoms with Crippen LogP contribution in [0.25, 0.3) is 0 Å². The zero-order chi connectivity index (χ0) is 14.7. The predicted molar refractivity (Wildman–Crippen MR) is 76.7 cm³/mol. The average Bonchev–Trinajstić information content (AvgIpc) is 2.44. The van der Waals surface area contributed by atoms with Gasteiger partial charge in [0.05, 0.1) is 25.8 Å². The van der Waals surface area contributed by atoms with Gasteiger partial charge in [-0.1, -0.05) is 12.1 Å². The minimum Gasteiger partial charge on any atom is -0.496 e. The minimum absolute atomic E-state index is 0.302. The number of hydrogen-bond acceptors (Lipinski definition) is 3. The quantitative estimate of drug-likeness (QED) is 0.932. The predicted octanol–water partition coefficient (Wildman–Crippen LogP) is 3.20. The molecule has 0 aliphatic heterocycles. The second kappa shape index (κ2) is 5.92. The first-order valence-electron chi connectivity index (χ1n) is 6.30. The van der Waals surface area contributed by atoms with Crippen molar-refractivity contribution in [3.63, 3.8) is 0 Å². The van der Waals surface area contributed by atoms with E-state index in [1.54, 1.807) is 14.2 Å². The molecule has 2 aromatic carbocycles. The van der Waals surface area contributed by atoms with Gasteiger partial charge in [-0.25, -0.2) is 4.39 Å². The van der Waals surface area contributed by atoms with E-state index in [2.05, 4.69) is 0 Å². The van der Waals surface area contributed by atoms with Gasteiger partial charge in [0, 0.05) is 0 Å². The van der Waals surface area contributed by atoms with Gasteiger partial charge < -0.3 is 15.2 Å². The van der Waals surface area contributed by atoms with E-state index in [4.69, 9.17) is 15.2 Å². The van der Waals surface area contributed by atoms with E-state index in [0.29, 0.717) is 22.6 Å². The van der Waals surface area contributed by atoms with Crippen LogP contribution in [0.15, 0.2) is 36.4 Å². The van der Waals surface area contributed by atoms with Gasteiger partial charge in [0.1, 0.15) is 17.3 Å². The summed E-state index contributed by atoms with van der Waals surface area (Å²) >= 11 is 0. The lowest BCUT2D eigenvalue weighted by molar-refractivity contribution is 0.382. The molecule has 0 amide bonds. The maximum atomic E-state index is 13.6. The van der Waals surface area contributed by atoms with E-state index < -0.39 is 6.04 Å². The van der Waals surface area contributed by atoms with Crippen LogP contribution in [0.3, 0.4) is 0 Å². The van der Waals surface area contributed by atoms with Gasteiger partial charge in [0.15, 0.2) is 0 Å². The summed E-state index contributed by atoms with van der Waals surface area (Å²) in [5, 5.41) is 0. The van der Waals surface area contributed by atoms with Crippen LogP contribution >= 0.6 is 0 Å². The highest BCUT2D eigenvalue weighted by molar-refractivity contribution is 5.50. The fourth-order valence-corrected chi connectivity index (χ4v) is 2.30. The molecule has 0 aliphatic rings. The molecule has 0 aromatic heterocycles. The van der Waals surface area contributed by atoms with Crippen LogP contribution in [0, 0.1) is 12.7 Å². The van der Waals surface area contributed by atoms with Crippen molar-refractivity contribution < 1.29 is 13.9 Å². The number of rotatable bonds is 4. The number of aryl methyl sites for hydroxylation is 1. The Balaban J connectivity index is 2.54. The van der Waals surface area contributed by atoms with E-state index in [-0.39, 0.29) is 5.82 Å². The van der Waals surface area contributed by atoms with Gasteiger partial charge in [-0.3, -0.25) is 0 Å². The van der Waals surface area contributed by atoms with Crippen LogP contribution in [0.5, 0.6) is 11.5 Å². The monoisotopic (exact) mass is 275 g/mol. The molecule has 2 rings (SSSR count). The second-order valence-corrected chi connectivity index (χ2v) is 4.62. The summed E-state index contributed by atoms with van der Waals surface area (Å²) in [7, 11) is 3.14. The van der Waals surface area contributed by atoms with Crippen LogP contribution in [0.1, 0.15) is 22.7 Å². The molecule has 20 heavy (non-hydrogen) atoms. The third-order valence-electron chi connectivity index (χ3n) is 3.20. The molecule has 3 nitrogen and oxygen atoms in total. The standard InChI is InChI=1S/C16H18FNO2/c1-10-7-11(9-12(17)8-10)16(18)15-13(19-2)5-4-6-14(15)20-3/h4-9,16H,18H2,1-3H3. The maximum Gasteiger partial charge on any atom is 0.127 e. The van der Waals surface area contributed by atoms with E-state index in [1.807, 2.05) is 31.2 Å². The lowest BCUT2D eigenvalue weighted by atomic mass is 9.96. The maximum absolute atomic E-state index is 13.6. The van der Waals surface area contributed by atoms with Crippen LogP contribution in [-0.4, -0.2) is 14.2 Å². The smallest absolute Gasteiger partial charge is 0.127 e. The third kappa shape index (κ3) is 2.75. The van der Waals surface area contributed by atoms with Crippen molar-refractivity contribution in [1.82, 2.24) is 0 Å². The van der Waals surface area contributed by atoms with E-state index in [9.17, 15) is 4.39 Å². The molecule has 4 heteroatoms. The van der Waals surface area contributed by atoms with Gasteiger partial charge in [-0.2, -0.15) is 0 Å². The van der Waals surface area contributed by atoms with Crippen molar-refractivity contribution in [2.24, 2.45) is 5.73 Å². The molecule has 1 atom stereocenters. The minimum atomic E-state index is -0.518. The number of nitrogens with two attached hydrogens (primary N) is 1. The van der Waals surface area contributed by atoms with Gasteiger partial charge >= 0.3 is 0 Å². The molecule has 0 spiro atoms. The van der Waals surface area contributed by atoms with Crippen molar-refractivity contribution in [2.45, 2.75) is 13.0 Å². The molecule has 106 valence electrons. The zero-order valence-electron chi connectivity index (χ0n) is 11.8. The van der Waals surface area contributed by atoms with Gasteiger partial charge in [-0.15, -0.1) is 0 Å². The summed E-state index contributed by atoms with van der Waals surface area (Å²) < 4.78 is 24.2. The summed E-state index contributed by atoms with van der Waals surface area (Å²) in [4.78, 5) is 0.